The van der Waals surface area contributed by atoms with Crippen LogP contribution in [0.25, 0.3) is 0 Å². The van der Waals surface area contributed by atoms with Gasteiger partial charge in [0, 0.05) is 6.42 Å². The Morgan fingerprint density at radius 2 is 1.03 bits per heavy atom. The van der Waals surface area contributed by atoms with Gasteiger partial charge in [0.2, 0.25) is 0 Å². The number of nitrogens with zero attached hydrogens (tertiary/aromatic N) is 1. The van der Waals surface area contributed by atoms with E-state index < -0.39 is 17.9 Å². The summed E-state index contributed by atoms with van der Waals surface area (Å²) in [5.74, 6) is -2.85. The lowest BCUT2D eigenvalue weighted by atomic mass is 10.1. The molecule has 0 atom stereocenters. The van der Waals surface area contributed by atoms with E-state index in [0.717, 1.165) is 12.8 Å². The molecule has 0 aromatic carbocycles. The van der Waals surface area contributed by atoms with Crippen molar-refractivity contribution in [2.45, 2.75) is 84.0 Å². The lowest BCUT2D eigenvalue weighted by Gasteiger charge is -2.37. The average molecular weight is 415 g/mol. The Labute approximate surface area is 175 Å². The fraction of sp³-hybridized carbons (Fsp3) is 0.773. The Morgan fingerprint density at radius 3 is 1.48 bits per heavy atom. The minimum atomic E-state index is -0.951. The van der Waals surface area contributed by atoms with E-state index in [1.807, 2.05) is 0 Å². The van der Waals surface area contributed by atoms with Crippen molar-refractivity contribution in [3.63, 3.8) is 0 Å². The minimum absolute atomic E-state index is 0.0962. The first-order chi connectivity index (χ1) is 13.8. The molecular formula is C22H40NO6+. The number of carboxylic acid groups (broad SMARTS) is 3. The summed E-state index contributed by atoms with van der Waals surface area (Å²) in [6.45, 7) is 3.52. The second-order valence-corrected chi connectivity index (χ2v) is 7.84. The topological polar surface area (TPSA) is 112 Å². The van der Waals surface area contributed by atoms with Gasteiger partial charge in [-0.1, -0.05) is 57.6 Å². The van der Waals surface area contributed by atoms with Gasteiger partial charge >= 0.3 is 17.9 Å². The van der Waals surface area contributed by atoms with Gasteiger partial charge in [0.15, 0.2) is 0 Å². The van der Waals surface area contributed by atoms with Gasteiger partial charge in [0.1, 0.15) is 0 Å². The van der Waals surface area contributed by atoms with E-state index in [2.05, 4.69) is 19.1 Å². The number of hydrogen-bond donors (Lipinski definition) is 3. The number of carbonyl (C=O) groups is 3. The Bertz CT molecular complexity index is 458. The summed E-state index contributed by atoms with van der Waals surface area (Å²) in [4.78, 5) is 33.1. The molecule has 0 saturated carbocycles. The van der Waals surface area contributed by atoms with Gasteiger partial charge in [-0.05, 0) is 12.8 Å². The predicted octanol–water partition coefficient (Wildman–Crippen LogP) is 4.31. The molecule has 0 aliphatic carbocycles. The van der Waals surface area contributed by atoms with Crippen LogP contribution in [0.3, 0.4) is 0 Å². The zero-order valence-corrected chi connectivity index (χ0v) is 18.0. The van der Waals surface area contributed by atoms with E-state index in [9.17, 15) is 14.4 Å². The third kappa shape index (κ3) is 16.7. The first-order valence-corrected chi connectivity index (χ1v) is 11.0. The molecule has 0 aliphatic rings. The van der Waals surface area contributed by atoms with Crippen molar-refractivity contribution < 1.29 is 34.2 Å². The normalized spacial score (nSPS) is 11.8. The Hall–Kier alpha value is -1.89. The van der Waals surface area contributed by atoms with Crippen molar-refractivity contribution >= 4 is 17.9 Å². The van der Waals surface area contributed by atoms with Crippen LogP contribution >= 0.6 is 0 Å². The molecule has 0 radical (unpaired) electrons. The van der Waals surface area contributed by atoms with Crippen molar-refractivity contribution in [3.8, 4) is 0 Å². The number of rotatable bonds is 20. The molecule has 0 fully saturated rings. The first-order valence-electron chi connectivity index (χ1n) is 11.0. The fourth-order valence-corrected chi connectivity index (χ4v) is 3.47. The van der Waals surface area contributed by atoms with E-state index in [0.29, 0.717) is 13.0 Å². The molecule has 0 heterocycles. The molecule has 0 rings (SSSR count). The molecule has 0 saturated heterocycles. The summed E-state index contributed by atoms with van der Waals surface area (Å²) in [6.07, 6.45) is 14.4. The largest absolute Gasteiger partial charge is 0.481 e. The summed E-state index contributed by atoms with van der Waals surface area (Å²) in [6, 6.07) is 0. The van der Waals surface area contributed by atoms with Crippen molar-refractivity contribution in [1.82, 2.24) is 0 Å². The monoisotopic (exact) mass is 414 g/mol. The van der Waals surface area contributed by atoms with E-state index in [1.165, 1.54) is 38.5 Å². The summed E-state index contributed by atoms with van der Waals surface area (Å²) in [5.41, 5.74) is 0. The maximum Gasteiger partial charge on any atom is 0.309 e. The number of aliphatic carboxylic acids is 3. The molecule has 7 nitrogen and oxygen atoms in total. The maximum absolute atomic E-state index is 11.0. The molecule has 0 aliphatic heterocycles. The molecule has 0 amide bonds. The molecule has 0 unspecified atom stereocenters. The van der Waals surface area contributed by atoms with Crippen LogP contribution in [0.1, 0.15) is 84.0 Å². The van der Waals surface area contributed by atoms with Crippen LogP contribution in [0.5, 0.6) is 0 Å². The third-order valence-corrected chi connectivity index (χ3v) is 5.31. The van der Waals surface area contributed by atoms with Crippen molar-refractivity contribution in [2.75, 3.05) is 26.2 Å². The summed E-state index contributed by atoms with van der Waals surface area (Å²) >= 11 is 0. The Kier molecular flexibility index (Phi) is 15.9. The minimum Gasteiger partial charge on any atom is -0.481 e. The van der Waals surface area contributed by atoms with Crippen LogP contribution in [-0.4, -0.2) is 63.9 Å². The molecule has 0 spiro atoms. The quantitative estimate of drug-likeness (QED) is 0.155. The Balaban J connectivity index is 4.52. The number of allylic oxidation sites excluding steroid dienone is 1. The number of hydrogen-bond acceptors (Lipinski definition) is 3. The highest BCUT2D eigenvalue weighted by atomic mass is 16.4. The van der Waals surface area contributed by atoms with Gasteiger partial charge in [-0.3, -0.25) is 14.4 Å². The van der Waals surface area contributed by atoms with Crippen molar-refractivity contribution in [2.24, 2.45) is 0 Å². The molecule has 0 aromatic rings. The molecule has 0 aromatic heterocycles. The van der Waals surface area contributed by atoms with Gasteiger partial charge in [0.05, 0.1) is 45.4 Å². The first kappa shape index (κ1) is 27.1. The van der Waals surface area contributed by atoms with E-state index in [4.69, 9.17) is 15.3 Å². The van der Waals surface area contributed by atoms with Crippen LogP contribution in [0.4, 0.5) is 0 Å². The van der Waals surface area contributed by atoms with E-state index in [1.54, 1.807) is 0 Å². The third-order valence-electron chi connectivity index (χ3n) is 5.31. The van der Waals surface area contributed by atoms with Crippen LogP contribution in [0.2, 0.25) is 0 Å². The number of unbranched alkanes of at least 4 members (excludes halogenated alkanes) is 7. The SMILES string of the molecule is CCCCCCCCC/C=C/CC[N+](CCC(=O)O)(CCC(=O)O)CCC(=O)O. The summed E-state index contributed by atoms with van der Waals surface area (Å²) < 4.78 is 0.215. The number of carboxylic acids is 3. The zero-order valence-electron chi connectivity index (χ0n) is 18.0. The standard InChI is InChI=1S/C22H39NO6/c1-2-3-4-5-6-7-8-9-10-11-12-16-23(17-13-20(24)25,18-14-21(26)27)19-15-22(28)29/h10-11H,2-9,12-19H2,1H3,(H2-,24,25,26,27,28,29)/p+1/b11-10+. The lowest BCUT2D eigenvalue weighted by Crippen LogP contribution is -2.52. The fourth-order valence-electron chi connectivity index (χ4n) is 3.47. The molecular weight excluding hydrogens is 374 g/mol. The summed E-state index contributed by atoms with van der Waals surface area (Å²) in [5, 5.41) is 27.1. The van der Waals surface area contributed by atoms with E-state index >= 15 is 0 Å². The van der Waals surface area contributed by atoms with Gasteiger partial charge in [-0.2, -0.15) is 0 Å². The van der Waals surface area contributed by atoms with Crippen molar-refractivity contribution in [1.29, 1.82) is 0 Å². The van der Waals surface area contributed by atoms with Crippen LogP contribution in [0.15, 0.2) is 12.2 Å². The zero-order chi connectivity index (χ0) is 22.0. The molecule has 0 bridgehead atoms. The van der Waals surface area contributed by atoms with Crippen LogP contribution in [0, 0.1) is 0 Å². The smallest absolute Gasteiger partial charge is 0.309 e. The highest BCUT2D eigenvalue weighted by Gasteiger charge is 2.29. The van der Waals surface area contributed by atoms with Gasteiger partial charge in [0.25, 0.3) is 0 Å². The van der Waals surface area contributed by atoms with Gasteiger partial charge in [-0.25, -0.2) is 0 Å². The lowest BCUT2D eigenvalue weighted by molar-refractivity contribution is -0.926. The average Bonchev–Trinajstić information content (AvgIpc) is 2.66. The van der Waals surface area contributed by atoms with Gasteiger partial charge in [-0.15, -0.1) is 0 Å². The second-order valence-electron chi connectivity index (χ2n) is 7.84. The summed E-state index contributed by atoms with van der Waals surface area (Å²) in [7, 11) is 0. The molecule has 3 N–H and O–H groups in total. The molecule has 29 heavy (non-hydrogen) atoms. The van der Waals surface area contributed by atoms with Crippen LogP contribution in [-0.2, 0) is 14.4 Å². The number of quaternary nitrogens is 1. The van der Waals surface area contributed by atoms with Crippen molar-refractivity contribution in [3.05, 3.63) is 12.2 Å². The highest BCUT2D eigenvalue weighted by Crippen LogP contribution is 2.15. The van der Waals surface area contributed by atoms with E-state index in [-0.39, 0.29) is 43.4 Å². The molecule has 168 valence electrons. The van der Waals surface area contributed by atoms with Crippen LogP contribution < -0.4 is 0 Å². The Morgan fingerprint density at radius 1 is 0.621 bits per heavy atom. The second kappa shape index (κ2) is 17.0. The molecule has 7 heteroatoms. The predicted molar refractivity (Wildman–Crippen MR) is 113 cm³/mol. The van der Waals surface area contributed by atoms with Gasteiger partial charge < -0.3 is 19.8 Å². The maximum atomic E-state index is 11.0. The highest BCUT2D eigenvalue weighted by molar-refractivity contribution is 5.67.